The molecule has 3 heteroatoms. The summed E-state index contributed by atoms with van der Waals surface area (Å²) in [6.07, 6.45) is 0.746. The van der Waals surface area contributed by atoms with Crippen molar-refractivity contribution in [1.29, 1.82) is 5.26 Å². The van der Waals surface area contributed by atoms with Crippen molar-refractivity contribution < 1.29 is 4.39 Å². The van der Waals surface area contributed by atoms with E-state index in [1.807, 2.05) is 6.07 Å². The highest BCUT2D eigenvalue weighted by molar-refractivity contribution is 5.09. The molecule has 2 unspecified atom stereocenters. The van der Waals surface area contributed by atoms with Gasteiger partial charge in [-0.3, -0.25) is 0 Å². The highest BCUT2D eigenvalue weighted by Gasteiger charge is 2.50. The molecule has 1 rings (SSSR count). The van der Waals surface area contributed by atoms with E-state index in [2.05, 4.69) is 0 Å². The molecule has 1 aliphatic carbocycles. The van der Waals surface area contributed by atoms with Crippen LogP contribution >= 0.6 is 0 Å². The van der Waals surface area contributed by atoms with Crippen LogP contribution in [0.2, 0.25) is 0 Å². The second-order valence-electron chi connectivity index (χ2n) is 2.69. The van der Waals surface area contributed by atoms with Gasteiger partial charge in [0.1, 0.15) is 6.17 Å². The largest absolute Gasteiger partial charge is 0.330 e. The molecule has 2 N–H and O–H groups in total. The SMILES string of the molecule is N#C[C@@H]1C(F)C1CCCN. The van der Waals surface area contributed by atoms with Crippen molar-refractivity contribution in [1.82, 2.24) is 0 Å². The molecule has 1 saturated carbocycles. The van der Waals surface area contributed by atoms with E-state index in [4.69, 9.17) is 11.0 Å². The molecule has 3 atom stereocenters. The van der Waals surface area contributed by atoms with Gasteiger partial charge in [-0.1, -0.05) is 0 Å². The lowest BCUT2D eigenvalue weighted by molar-refractivity contribution is 0.430. The number of nitrogens with zero attached hydrogens (tertiary/aromatic N) is 1. The molecule has 0 aromatic rings. The quantitative estimate of drug-likeness (QED) is 0.634. The average Bonchev–Trinajstić information content (AvgIpc) is 2.56. The molecule has 10 heavy (non-hydrogen) atoms. The van der Waals surface area contributed by atoms with E-state index in [0.717, 1.165) is 12.8 Å². The lowest BCUT2D eigenvalue weighted by Crippen LogP contribution is -1.99. The lowest BCUT2D eigenvalue weighted by atomic mass is 10.2. The van der Waals surface area contributed by atoms with Crippen LogP contribution < -0.4 is 5.73 Å². The van der Waals surface area contributed by atoms with Crippen LogP contribution in [0.3, 0.4) is 0 Å². The first-order chi connectivity index (χ1) is 4.81. The molecule has 2 nitrogen and oxygen atoms in total. The van der Waals surface area contributed by atoms with Crippen LogP contribution in [-0.2, 0) is 0 Å². The summed E-state index contributed by atoms with van der Waals surface area (Å²) >= 11 is 0. The minimum Gasteiger partial charge on any atom is -0.330 e. The van der Waals surface area contributed by atoms with Crippen molar-refractivity contribution in [3.63, 3.8) is 0 Å². The molecule has 0 aromatic heterocycles. The van der Waals surface area contributed by atoms with E-state index < -0.39 is 6.17 Å². The molecule has 0 bridgehead atoms. The number of nitriles is 1. The molecule has 0 radical (unpaired) electrons. The number of hydrogen-bond donors (Lipinski definition) is 1. The Labute approximate surface area is 59.8 Å². The molecule has 0 spiro atoms. The van der Waals surface area contributed by atoms with Crippen LogP contribution in [0.4, 0.5) is 4.39 Å². The zero-order chi connectivity index (χ0) is 7.56. The second-order valence-corrected chi connectivity index (χ2v) is 2.69. The second kappa shape index (κ2) is 2.98. The summed E-state index contributed by atoms with van der Waals surface area (Å²) in [5.41, 5.74) is 5.23. The molecule has 1 aliphatic rings. The highest BCUT2D eigenvalue weighted by Crippen LogP contribution is 2.44. The van der Waals surface area contributed by atoms with E-state index >= 15 is 0 Å². The van der Waals surface area contributed by atoms with Gasteiger partial charge in [-0.2, -0.15) is 5.26 Å². The van der Waals surface area contributed by atoms with Crippen molar-refractivity contribution in [2.45, 2.75) is 19.0 Å². The Kier molecular flexibility index (Phi) is 2.23. The van der Waals surface area contributed by atoms with Gasteiger partial charge in [-0.15, -0.1) is 0 Å². The molecule has 1 fully saturated rings. The smallest absolute Gasteiger partial charge is 0.120 e. The normalized spacial score (nSPS) is 37.1. The standard InChI is InChI=1S/C7H11FN2/c8-7-5(2-1-3-9)6(7)4-10/h5-7H,1-3,9H2/t5?,6-,7?/m0/s1. The monoisotopic (exact) mass is 142 g/mol. The summed E-state index contributed by atoms with van der Waals surface area (Å²) in [5.74, 6) is -0.333. The zero-order valence-electron chi connectivity index (χ0n) is 5.76. The van der Waals surface area contributed by atoms with Gasteiger partial charge in [-0.25, -0.2) is 4.39 Å². The fourth-order valence-electron chi connectivity index (χ4n) is 1.19. The van der Waals surface area contributed by atoms with Crippen LogP contribution in [0.1, 0.15) is 12.8 Å². The van der Waals surface area contributed by atoms with E-state index in [1.54, 1.807) is 0 Å². The first-order valence-electron chi connectivity index (χ1n) is 3.55. The first-order valence-corrected chi connectivity index (χ1v) is 3.55. The summed E-state index contributed by atoms with van der Waals surface area (Å²) in [6.45, 7) is 0.599. The van der Waals surface area contributed by atoms with Crippen molar-refractivity contribution in [2.24, 2.45) is 17.6 Å². The zero-order valence-corrected chi connectivity index (χ0v) is 5.76. The van der Waals surface area contributed by atoms with E-state index in [1.165, 1.54) is 0 Å². The van der Waals surface area contributed by atoms with Gasteiger partial charge in [-0.05, 0) is 19.4 Å². The summed E-state index contributed by atoms with van der Waals surface area (Å²) in [5, 5.41) is 8.32. The Morgan fingerprint density at radius 2 is 2.30 bits per heavy atom. The molecular formula is C7H11FN2. The maximum absolute atomic E-state index is 12.5. The maximum atomic E-state index is 12.5. The third-order valence-corrected chi connectivity index (χ3v) is 1.96. The first kappa shape index (κ1) is 7.49. The number of halogens is 1. The molecular weight excluding hydrogens is 131 g/mol. The highest BCUT2D eigenvalue weighted by atomic mass is 19.1. The van der Waals surface area contributed by atoms with Gasteiger partial charge in [0.25, 0.3) is 0 Å². The summed E-state index contributed by atoms with van der Waals surface area (Å²) in [6, 6.07) is 1.93. The van der Waals surface area contributed by atoms with Crippen LogP contribution in [0, 0.1) is 23.2 Å². The van der Waals surface area contributed by atoms with Crippen LogP contribution in [-0.4, -0.2) is 12.7 Å². The Bertz CT molecular complexity index is 152. The predicted octanol–water partition coefficient (Wildman–Crippen LogP) is 0.833. The molecule has 0 heterocycles. The van der Waals surface area contributed by atoms with E-state index in [-0.39, 0.29) is 11.8 Å². The van der Waals surface area contributed by atoms with Gasteiger partial charge in [0, 0.05) is 5.92 Å². The van der Waals surface area contributed by atoms with Crippen LogP contribution in [0.15, 0.2) is 0 Å². The van der Waals surface area contributed by atoms with Crippen molar-refractivity contribution in [3.8, 4) is 6.07 Å². The number of nitrogens with two attached hydrogens (primary N) is 1. The fourth-order valence-corrected chi connectivity index (χ4v) is 1.19. The van der Waals surface area contributed by atoms with Gasteiger partial charge in [0.15, 0.2) is 0 Å². The third kappa shape index (κ3) is 1.27. The van der Waals surface area contributed by atoms with Crippen molar-refractivity contribution in [2.75, 3.05) is 6.54 Å². The summed E-state index contributed by atoms with van der Waals surface area (Å²) in [7, 11) is 0. The number of rotatable bonds is 3. The molecule has 0 amide bonds. The van der Waals surface area contributed by atoms with Crippen molar-refractivity contribution >= 4 is 0 Å². The maximum Gasteiger partial charge on any atom is 0.120 e. The van der Waals surface area contributed by atoms with Gasteiger partial charge >= 0.3 is 0 Å². The lowest BCUT2D eigenvalue weighted by Gasteiger charge is -1.90. The molecule has 0 aromatic carbocycles. The fraction of sp³-hybridized carbons (Fsp3) is 0.857. The Hall–Kier alpha value is -0.620. The third-order valence-electron chi connectivity index (χ3n) is 1.96. The Morgan fingerprint density at radius 1 is 1.60 bits per heavy atom. The van der Waals surface area contributed by atoms with E-state index in [9.17, 15) is 4.39 Å². The van der Waals surface area contributed by atoms with Crippen LogP contribution in [0.5, 0.6) is 0 Å². The van der Waals surface area contributed by atoms with E-state index in [0.29, 0.717) is 6.54 Å². The minimum atomic E-state index is -0.864. The molecule has 0 saturated heterocycles. The summed E-state index contributed by atoms with van der Waals surface area (Å²) in [4.78, 5) is 0. The van der Waals surface area contributed by atoms with Gasteiger partial charge in [0.05, 0.1) is 12.0 Å². The predicted molar refractivity (Wildman–Crippen MR) is 35.8 cm³/mol. The molecule has 56 valence electrons. The summed E-state index contributed by atoms with van der Waals surface area (Å²) < 4.78 is 12.5. The topological polar surface area (TPSA) is 49.8 Å². The van der Waals surface area contributed by atoms with Crippen LogP contribution in [0.25, 0.3) is 0 Å². The molecule has 0 aliphatic heterocycles. The number of hydrogen-bond acceptors (Lipinski definition) is 2. The van der Waals surface area contributed by atoms with Crippen molar-refractivity contribution in [3.05, 3.63) is 0 Å². The number of alkyl halides is 1. The minimum absolute atomic E-state index is 0.00597. The average molecular weight is 142 g/mol. The van der Waals surface area contributed by atoms with Gasteiger partial charge in [0.2, 0.25) is 0 Å². The Balaban J connectivity index is 2.16. The Morgan fingerprint density at radius 3 is 2.70 bits per heavy atom. The van der Waals surface area contributed by atoms with Gasteiger partial charge < -0.3 is 5.73 Å².